The van der Waals surface area contributed by atoms with Gasteiger partial charge in [-0.1, -0.05) is 42.5 Å². The van der Waals surface area contributed by atoms with Crippen molar-refractivity contribution in [1.29, 1.82) is 0 Å². The van der Waals surface area contributed by atoms with Crippen LogP contribution in [0.5, 0.6) is 5.75 Å². The van der Waals surface area contributed by atoms with Crippen molar-refractivity contribution < 1.29 is 4.74 Å². The van der Waals surface area contributed by atoms with Crippen molar-refractivity contribution in [1.82, 2.24) is 5.32 Å². The van der Waals surface area contributed by atoms with E-state index >= 15 is 0 Å². The van der Waals surface area contributed by atoms with Crippen LogP contribution in [0, 0.1) is 6.92 Å². The standard InChI is InChI=1S/C17H21NO/c1-13-8-4-5-9-15(13)12-18-14(2)16-10-6-7-11-17(16)19-3/h4-11,14,18H,12H2,1-3H3. The van der Waals surface area contributed by atoms with Gasteiger partial charge in [0.1, 0.15) is 5.75 Å². The Morgan fingerprint density at radius 2 is 1.74 bits per heavy atom. The van der Waals surface area contributed by atoms with Gasteiger partial charge in [-0.15, -0.1) is 0 Å². The van der Waals surface area contributed by atoms with E-state index in [-0.39, 0.29) is 6.04 Å². The van der Waals surface area contributed by atoms with Crippen LogP contribution in [0.1, 0.15) is 29.7 Å². The predicted molar refractivity (Wildman–Crippen MR) is 79.4 cm³/mol. The maximum absolute atomic E-state index is 5.40. The van der Waals surface area contributed by atoms with Crippen LogP contribution in [0.3, 0.4) is 0 Å². The number of methoxy groups -OCH3 is 1. The van der Waals surface area contributed by atoms with Crippen LogP contribution in [-0.2, 0) is 6.54 Å². The number of rotatable bonds is 5. The fraction of sp³-hybridized carbons (Fsp3) is 0.294. The molecule has 0 heterocycles. The minimum absolute atomic E-state index is 0.260. The highest BCUT2D eigenvalue weighted by Gasteiger charge is 2.10. The van der Waals surface area contributed by atoms with Gasteiger partial charge in [-0.2, -0.15) is 0 Å². The van der Waals surface area contributed by atoms with Crippen molar-refractivity contribution in [3.8, 4) is 5.75 Å². The molecule has 1 N–H and O–H groups in total. The van der Waals surface area contributed by atoms with Crippen molar-refractivity contribution in [3.05, 3.63) is 65.2 Å². The number of para-hydroxylation sites is 1. The molecule has 2 aromatic carbocycles. The minimum Gasteiger partial charge on any atom is -0.496 e. The lowest BCUT2D eigenvalue weighted by molar-refractivity contribution is 0.401. The molecule has 0 radical (unpaired) electrons. The van der Waals surface area contributed by atoms with Crippen LogP contribution >= 0.6 is 0 Å². The first kappa shape index (κ1) is 13.6. The summed E-state index contributed by atoms with van der Waals surface area (Å²) in [5, 5.41) is 3.55. The third-order valence-corrected chi connectivity index (χ3v) is 3.47. The minimum atomic E-state index is 0.260. The first-order chi connectivity index (χ1) is 9.22. The molecule has 0 saturated carbocycles. The highest BCUT2D eigenvalue weighted by atomic mass is 16.5. The topological polar surface area (TPSA) is 21.3 Å². The molecule has 2 nitrogen and oxygen atoms in total. The highest BCUT2D eigenvalue weighted by molar-refractivity contribution is 5.35. The van der Waals surface area contributed by atoms with Gasteiger partial charge in [0.15, 0.2) is 0 Å². The second-order valence-electron chi connectivity index (χ2n) is 4.77. The van der Waals surface area contributed by atoms with Gasteiger partial charge in [0, 0.05) is 18.2 Å². The molecule has 19 heavy (non-hydrogen) atoms. The molecule has 0 aliphatic heterocycles. The number of aryl methyl sites for hydroxylation is 1. The average molecular weight is 255 g/mol. The second-order valence-corrected chi connectivity index (χ2v) is 4.77. The van der Waals surface area contributed by atoms with Crippen molar-refractivity contribution in [2.45, 2.75) is 26.4 Å². The summed E-state index contributed by atoms with van der Waals surface area (Å²) in [4.78, 5) is 0. The lowest BCUT2D eigenvalue weighted by Gasteiger charge is -2.18. The molecular formula is C17H21NO. The van der Waals surface area contributed by atoms with E-state index in [0.717, 1.165) is 12.3 Å². The Morgan fingerprint density at radius 3 is 2.47 bits per heavy atom. The molecular weight excluding hydrogens is 234 g/mol. The molecule has 0 amide bonds. The Morgan fingerprint density at radius 1 is 1.05 bits per heavy atom. The molecule has 0 spiro atoms. The van der Waals surface area contributed by atoms with Crippen LogP contribution in [0.25, 0.3) is 0 Å². The van der Waals surface area contributed by atoms with Crippen LogP contribution in [0.4, 0.5) is 0 Å². The Bertz CT molecular complexity index is 536. The third kappa shape index (κ3) is 3.36. The number of benzene rings is 2. The maximum atomic E-state index is 5.40. The zero-order valence-corrected chi connectivity index (χ0v) is 11.8. The predicted octanol–water partition coefficient (Wildman–Crippen LogP) is 3.85. The second kappa shape index (κ2) is 6.39. The van der Waals surface area contributed by atoms with E-state index in [0.29, 0.717) is 0 Å². The van der Waals surface area contributed by atoms with Gasteiger partial charge >= 0.3 is 0 Å². The van der Waals surface area contributed by atoms with E-state index in [1.54, 1.807) is 7.11 Å². The normalized spacial score (nSPS) is 12.2. The van der Waals surface area contributed by atoms with Gasteiger partial charge in [-0.3, -0.25) is 0 Å². The zero-order chi connectivity index (χ0) is 13.7. The molecule has 0 aromatic heterocycles. The van der Waals surface area contributed by atoms with Crippen LogP contribution in [-0.4, -0.2) is 7.11 Å². The van der Waals surface area contributed by atoms with Gasteiger partial charge in [-0.05, 0) is 31.0 Å². The summed E-state index contributed by atoms with van der Waals surface area (Å²) in [6.07, 6.45) is 0. The first-order valence-corrected chi connectivity index (χ1v) is 6.63. The van der Waals surface area contributed by atoms with Gasteiger partial charge < -0.3 is 10.1 Å². The summed E-state index contributed by atoms with van der Waals surface area (Å²) >= 11 is 0. The largest absolute Gasteiger partial charge is 0.496 e. The summed E-state index contributed by atoms with van der Waals surface area (Å²) in [5.41, 5.74) is 3.85. The molecule has 1 atom stereocenters. The summed E-state index contributed by atoms with van der Waals surface area (Å²) in [5.74, 6) is 0.937. The molecule has 0 bridgehead atoms. The molecule has 2 aromatic rings. The number of ether oxygens (including phenoxy) is 1. The first-order valence-electron chi connectivity index (χ1n) is 6.63. The Labute approximate surface area is 115 Å². The van der Waals surface area contributed by atoms with Crippen LogP contribution in [0.15, 0.2) is 48.5 Å². The highest BCUT2D eigenvalue weighted by Crippen LogP contribution is 2.24. The SMILES string of the molecule is COc1ccccc1C(C)NCc1ccccc1C. The molecule has 2 rings (SSSR count). The lowest BCUT2D eigenvalue weighted by Crippen LogP contribution is -2.19. The summed E-state index contributed by atoms with van der Waals surface area (Å²) in [7, 11) is 1.72. The van der Waals surface area contributed by atoms with Gasteiger partial charge in [0.05, 0.1) is 7.11 Å². The van der Waals surface area contributed by atoms with E-state index in [9.17, 15) is 0 Å². The van der Waals surface area contributed by atoms with E-state index in [2.05, 4.69) is 49.5 Å². The van der Waals surface area contributed by atoms with E-state index in [1.807, 2.05) is 18.2 Å². The van der Waals surface area contributed by atoms with Crippen LogP contribution < -0.4 is 10.1 Å². The summed E-state index contributed by atoms with van der Waals surface area (Å²) in [6.45, 7) is 5.17. The number of nitrogens with one attached hydrogen (secondary N) is 1. The van der Waals surface area contributed by atoms with Crippen LogP contribution in [0.2, 0.25) is 0 Å². The molecule has 0 saturated heterocycles. The van der Waals surface area contributed by atoms with Gasteiger partial charge in [0.2, 0.25) is 0 Å². The molecule has 2 heteroatoms. The Kier molecular flexibility index (Phi) is 4.58. The fourth-order valence-electron chi connectivity index (χ4n) is 2.21. The van der Waals surface area contributed by atoms with Gasteiger partial charge in [0.25, 0.3) is 0 Å². The smallest absolute Gasteiger partial charge is 0.123 e. The molecule has 0 aliphatic carbocycles. The van der Waals surface area contributed by atoms with E-state index in [1.165, 1.54) is 16.7 Å². The number of hydrogen-bond donors (Lipinski definition) is 1. The fourth-order valence-corrected chi connectivity index (χ4v) is 2.21. The van der Waals surface area contributed by atoms with Crippen molar-refractivity contribution in [2.24, 2.45) is 0 Å². The van der Waals surface area contributed by atoms with Crippen molar-refractivity contribution in [3.63, 3.8) is 0 Å². The third-order valence-electron chi connectivity index (χ3n) is 3.47. The average Bonchev–Trinajstić information content (AvgIpc) is 2.46. The summed E-state index contributed by atoms with van der Waals surface area (Å²) < 4.78 is 5.40. The van der Waals surface area contributed by atoms with E-state index < -0.39 is 0 Å². The Hall–Kier alpha value is -1.80. The van der Waals surface area contributed by atoms with Crippen molar-refractivity contribution >= 4 is 0 Å². The lowest BCUT2D eigenvalue weighted by atomic mass is 10.1. The quantitative estimate of drug-likeness (QED) is 0.876. The molecule has 0 fully saturated rings. The number of hydrogen-bond acceptors (Lipinski definition) is 2. The van der Waals surface area contributed by atoms with Crippen molar-refractivity contribution in [2.75, 3.05) is 7.11 Å². The maximum Gasteiger partial charge on any atom is 0.123 e. The molecule has 0 aliphatic rings. The van der Waals surface area contributed by atoms with E-state index in [4.69, 9.17) is 4.74 Å². The monoisotopic (exact) mass is 255 g/mol. The summed E-state index contributed by atoms with van der Waals surface area (Å²) in [6, 6.07) is 16.9. The van der Waals surface area contributed by atoms with Gasteiger partial charge in [-0.25, -0.2) is 0 Å². The molecule has 100 valence electrons. The zero-order valence-electron chi connectivity index (χ0n) is 11.8. The molecule has 1 unspecified atom stereocenters. The Balaban J connectivity index is 2.05.